The van der Waals surface area contributed by atoms with Crippen molar-refractivity contribution in [2.75, 3.05) is 31.8 Å². The lowest BCUT2D eigenvalue weighted by atomic mass is 9.97. The van der Waals surface area contributed by atoms with E-state index in [1.165, 1.54) is 0 Å². The summed E-state index contributed by atoms with van der Waals surface area (Å²) in [5.74, 6) is 1.41. The Balaban J connectivity index is 0.00000370. The smallest absolute Gasteiger partial charge is 0.260 e. The van der Waals surface area contributed by atoms with Gasteiger partial charge in [-0.25, -0.2) is 0 Å². The predicted molar refractivity (Wildman–Crippen MR) is 148 cm³/mol. The van der Waals surface area contributed by atoms with Gasteiger partial charge in [-0.15, -0.1) is 10.2 Å². The minimum Gasteiger partial charge on any atom is -0.478 e. The molecule has 5 rings (SSSR count). The number of hydrogen-bond donors (Lipinski definition) is 1. The van der Waals surface area contributed by atoms with Gasteiger partial charge in [-0.1, -0.05) is 18.2 Å². The lowest BCUT2D eigenvalue weighted by Crippen LogP contribution is -2.24. The predicted octanol–water partition coefficient (Wildman–Crippen LogP) is 3.96. The van der Waals surface area contributed by atoms with E-state index in [0.29, 0.717) is 55.0 Å². The number of nitrogens with zero attached hydrogens (tertiary/aromatic N) is 6. The van der Waals surface area contributed by atoms with Crippen LogP contribution in [-0.4, -0.2) is 52.5 Å². The van der Waals surface area contributed by atoms with E-state index < -0.39 is 0 Å². The number of carbonyl (C=O) groups excluding carboxylic acids is 1. The van der Waals surface area contributed by atoms with Gasteiger partial charge in [0.15, 0.2) is 5.82 Å². The first-order chi connectivity index (χ1) is 19.0. The van der Waals surface area contributed by atoms with E-state index in [1.54, 1.807) is 35.0 Å². The first-order valence-corrected chi connectivity index (χ1v) is 12.7. The lowest BCUT2D eigenvalue weighted by Gasteiger charge is -2.18. The Kier molecular flexibility index (Phi) is 7.63. The highest BCUT2D eigenvalue weighted by molar-refractivity contribution is 6.10. The molecule has 1 amide bonds. The molecule has 0 bridgehead atoms. The highest BCUT2D eigenvalue weighted by Gasteiger charge is 2.30. The monoisotopic (exact) mass is 525 g/mol. The van der Waals surface area contributed by atoms with Crippen LogP contribution in [0, 0.1) is 11.3 Å². The second-order valence-electron chi connectivity index (χ2n) is 9.18. The van der Waals surface area contributed by atoms with Crippen molar-refractivity contribution in [3.8, 4) is 34.5 Å². The van der Waals surface area contributed by atoms with E-state index in [-0.39, 0.29) is 7.33 Å². The normalized spacial score (nSPS) is 12.5. The molecule has 0 aliphatic carbocycles. The Morgan fingerprint density at radius 3 is 2.74 bits per heavy atom. The summed E-state index contributed by atoms with van der Waals surface area (Å²) >= 11 is 0. The average Bonchev–Trinajstić information content (AvgIpc) is 3.53. The number of rotatable bonds is 10. The number of hydrogen-bond acceptors (Lipinski definition) is 8. The summed E-state index contributed by atoms with van der Waals surface area (Å²) in [6, 6.07) is 17.3. The number of ether oxygens (including phenoxy) is 2. The molecule has 4 aromatic rings. The fourth-order valence-electron chi connectivity index (χ4n) is 4.63. The minimum absolute atomic E-state index is 0. The van der Waals surface area contributed by atoms with Gasteiger partial charge in [-0.2, -0.15) is 10.2 Å². The third-order valence-electron chi connectivity index (χ3n) is 6.56. The SMILES string of the molecule is CCOc1cc(-c2ccc(C#N)cc2-c2nncn2C)cc(N2Cc3ccc(CNCCOC)cc3C2=O)n1.[HH]. The van der Waals surface area contributed by atoms with Gasteiger partial charge in [0.05, 0.1) is 31.4 Å². The second-order valence-corrected chi connectivity index (χ2v) is 9.18. The van der Waals surface area contributed by atoms with Gasteiger partial charge < -0.3 is 19.4 Å². The number of aromatic nitrogens is 4. The van der Waals surface area contributed by atoms with Gasteiger partial charge in [0.2, 0.25) is 5.88 Å². The molecule has 3 heterocycles. The standard InChI is InChI=1S/C29H29N7O3.H2/c1-4-39-27-14-22(23-8-6-19(15-30)11-25(23)28-34-32-18-35(28)2)13-26(33-27)36-17-21-7-5-20(12-24(21)29(36)37)16-31-9-10-38-3;/h5-8,11-14,18,31H,4,9-10,16-17H2,1-3H3;1H. The fraction of sp³-hybridized carbons (Fsp3) is 0.276. The molecule has 0 fully saturated rings. The zero-order valence-corrected chi connectivity index (χ0v) is 22.1. The first kappa shape index (κ1) is 26.0. The van der Waals surface area contributed by atoms with Crippen molar-refractivity contribution in [2.24, 2.45) is 7.05 Å². The Morgan fingerprint density at radius 1 is 1.13 bits per heavy atom. The van der Waals surface area contributed by atoms with Crippen LogP contribution in [0.5, 0.6) is 5.88 Å². The quantitative estimate of drug-likeness (QED) is 0.309. The molecule has 10 heteroatoms. The molecule has 2 aromatic carbocycles. The summed E-state index contributed by atoms with van der Waals surface area (Å²) in [4.78, 5) is 19.9. The maximum atomic E-state index is 13.6. The van der Waals surface area contributed by atoms with E-state index in [2.05, 4.69) is 26.6 Å². The third-order valence-corrected chi connectivity index (χ3v) is 6.56. The molecule has 0 spiro atoms. The number of anilines is 1. The van der Waals surface area contributed by atoms with Crippen molar-refractivity contribution >= 4 is 11.7 Å². The molecule has 0 saturated heterocycles. The molecular weight excluding hydrogens is 494 g/mol. The second kappa shape index (κ2) is 11.4. The maximum Gasteiger partial charge on any atom is 0.260 e. The van der Waals surface area contributed by atoms with E-state index in [9.17, 15) is 10.1 Å². The van der Waals surface area contributed by atoms with Crippen molar-refractivity contribution in [1.82, 2.24) is 25.1 Å². The van der Waals surface area contributed by atoms with Crippen LogP contribution in [0.1, 0.15) is 35.4 Å². The number of amides is 1. The summed E-state index contributed by atoms with van der Waals surface area (Å²) in [5.41, 5.74) is 5.51. The van der Waals surface area contributed by atoms with Crippen LogP contribution in [0.4, 0.5) is 5.82 Å². The van der Waals surface area contributed by atoms with Crippen LogP contribution < -0.4 is 15.0 Å². The van der Waals surface area contributed by atoms with Gasteiger partial charge in [-0.3, -0.25) is 9.69 Å². The molecule has 0 saturated carbocycles. The third kappa shape index (κ3) is 5.36. The zero-order chi connectivity index (χ0) is 27.4. The molecule has 1 aliphatic heterocycles. The number of pyridine rings is 1. The van der Waals surface area contributed by atoms with Crippen molar-refractivity contribution in [3.63, 3.8) is 0 Å². The van der Waals surface area contributed by atoms with Crippen molar-refractivity contribution in [1.29, 1.82) is 5.26 Å². The van der Waals surface area contributed by atoms with Crippen molar-refractivity contribution < 1.29 is 15.7 Å². The number of nitrogens with one attached hydrogen (secondary N) is 1. The minimum atomic E-state index is -0.107. The molecular formula is C29H31N7O3. The highest BCUT2D eigenvalue weighted by atomic mass is 16.5. The molecule has 10 nitrogen and oxygen atoms in total. The maximum absolute atomic E-state index is 13.6. The van der Waals surface area contributed by atoms with E-state index >= 15 is 0 Å². The van der Waals surface area contributed by atoms with Crippen LogP contribution in [0.15, 0.2) is 54.9 Å². The average molecular weight is 526 g/mol. The molecule has 1 aliphatic rings. The molecule has 39 heavy (non-hydrogen) atoms. The number of aryl methyl sites for hydroxylation is 1. The fourth-order valence-corrected chi connectivity index (χ4v) is 4.63. The number of methoxy groups -OCH3 is 1. The van der Waals surface area contributed by atoms with E-state index in [4.69, 9.17) is 9.47 Å². The van der Waals surface area contributed by atoms with Gasteiger partial charge in [0, 0.05) is 45.9 Å². The van der Waals surface area contributed by atoms with E-state index in [0.717, 1.165) is 34.4 Å². The summed E-state index contributed by atoms with van der Waals surface area (Å²) < 4.78 is 12.7. The van der Waals surface area contributed by atoms with Gasteiger partial charge in [0.1, 0.15) is 12.1 Å². The van der Waals surface area contributed by atoms with Crippen molar-refractivity contribution in [3.05, 3.63) is 77.1 Å². The topological polar surface area (TPSA) is 118 Å². The lowest BCUT2D eigenvalue weighted by molar-refractivity contribution is 0.0995. The number of carbonyl (C=O) groups is 1. The largest absolute Gasteiger partial charge is 0.478 e. The Hall–Kier alpha value is -4.59. The summed E-state index contributed by atoms with van der Waals surface area (Å²) in [7, 11) is 3.52. The molecule has 0 radical (unpaired) electrons. The van der Waals surface area contributed by atoms with Crippen LogP contribution in [0.2, 0.25) is 0 Å². The van der Waals surface area contributed by atoms with Crippen LogP contribution in [-0.2, 0) is 24.9 Å². The van der Waals surface area contributed by atoms with Gasteiger partial charge in [-0.05, 0) is 53.4 Å². The number of nitriles is 1. The highest BCUT2D eigenvalue weighted by Crippen LogP contribution is 2.37. The molecule has 200 valence electrons. The van der Waals surface area contributed by atoms with Crippen LogP contribution in [0.3, 0.4) is 0 Å². The summed E-state index contributed by atoms with van der Waals surface area (Å²) in [5, 5.41) is 21.1. The van der Waals surface area contributed by atoms with Gasteiger partial charge in [0.25, 0.3) is 5.91 Å². The summed E-state index contributed by atoms with van der Waals surface area (Å²) in [6.45, 7) is 4.73. The van der Waals surface area contributed by atoms with Crippen LogP contribution >= 0.6 is 0 Å². The Morgan fingerprint density at radius 2 is 2.00 bits per heavy atom. The van der Waals surface area contributed by atoms with E-state index in [1.807, 2.05) is 50.4 Å². The zero-order valence-electron chi connectivity index (χ0n) is 22.1. The molecule has 0 atom stereocenters. The Labute approximate surface area is 228 Å². The number of fused-ring (bicyclic) bond motifs is 1. The molecule has 1 N–H and O–H groups in total. The molecule has 0 unspecified atom stereocenters. The number of benzene rings is 2. The summed E-state index contributed by atoms with van der Waals surface area (Å²) in [6.07, 6.45) is 1.61. The molecule has 2 aromatic heterocycles. The van der Waals surface area contributed by atoms with Gasteiger partial charge >= 0.3 is 0 Å². The first-order valence-electron chi connectivity index (χ1n) is 12.7. The van der Waals surface area contributed by atoms with Crippen LogP contribution in [0.25, 0.3) is 22.5 Å². The van der Waals surface area contributed by atoms with Crippen molar-refractivity contribution in [2.45, 2.75) is 20.0 Å². The Bertz CT molecular complexity index is 1560.